The molecule has 1 aromatic rings. The number of aryl methyl sites for hydroxylation is 1. The Hall–Kier alpha value is -1.36. The highest BCUT2D eigenvalue weighted by atomic mass is 16.3. The lowest BCUT2D eigenvalue weighted by Crippen LogP contribution is -2.32. The first-order valence-corrected chi connectivity index (χ1v) is 9.29. The Morgan fingerprint density at radius 2 is 1.74 bits per heavy atom. The molecule has 3 heterocycles. The largest absolute Gasteiger partial charge is 0.393 e. The van der Waals surface area contributed by atoms with E-state index in [9.17, 15) is 5.11 Å². The number of aromatic nitrogens is 2. The van der Waals surface area contributed by atoms with E-state index in [4.69, 9.17) is 9.97 Å². The van der Waals surface area contributed by atoms with Gasteiger partial charge in [-0.2, -0.15) is 4.98 Å². The summed E-state index contributed by atoms with van der Waals surface area (Å²) in [7, 11) is 0. The predicted octanol–water partition coefficient (Wildman–Crippen LogP) is 2.24. The fourth-order valence-electron chi connectivity index (χ4n) is 4.50. The summed E-state index contributed by atoms with van der Waals surface area (Å²) >= 11 is 0. The number of aliphatic hydroxyl groups excluding tert-OH is 1. The molecule has 3 aliphatic rings. The molecule has 4 rings (SSSR count). The van der Waals surface area contributed by atoms with Gasteiger partial charge >= 0.3 is 0 Å². The summed E-state index contributed by atoms with van der Waals surface area (Å²) in [5, 5.41) is 9.84. The summed E-state index contributed by atoms with van der Waals surface area (Å²) in [4.78, 5) is 14.5. The fraction of sp³-hybridized carbons (Fsp3) is 0.778. The van der Waals surface area contributed by atoms with E-state index in [0.717, 1.165) is 62.9 Å². The summed E-state index contributed by atoms with van der Waals surface area (Å²) in [5.41, 5.74) is 1.15. The normalized spacial score (nSPS) is 30.8. The molecule has 126 valence electrons. The second-order valence-electron chi connectivity index (χ2n) is 7.47. The van der Waals surface area contributed by atoms with Gasteiger partial charge in [0.05, 0.1) is 6.10 Å². The summed E-state index contributed by atoms with van der Waals surface area (Å²) < 4.78 is 0. The van der Waals surface area contributed by atoms with Crippen molar-refractivity contribution in [3.05, 3.63) is 11.8 Å². The fourth-order valence-corrected chi connectivity index (χ4v) is 4.50. The zero-order valence-electron chi connectivity index (χ0n) is 14.1. The van der Waals surface area contributed by atoms with Crippen molar-refractivity contribution in [2.24, 2.45) is 11.8 Å². The van der Waals surface area contributed by atoms with Crippen molar-refractivity contribution in [2.45, 2.75) is 51.6 Å². The Kier molecular flexibility index (Phi) is 4.14. The lowest BCUT2D eigenvalue weighted by molar-refractivity contribution is 0.174. The summed E-state index contributed by atoms with van der Waals surface area (Å²) in [6, 6.07) is 2.17. The maximum Gasteiger partial charge on any atom is 0.227 e. The van der Waals surface area contributed by atoms with Crippen LogP contribution in [0, 0.1) is 11.8 Å². The lowest BCUT2D eigenvalue weighted by Gasteiger charge is -2.28. The van der Waals surface area contributed by atoms with Crippen molar-refractivity contribution in [3.63, 3.8) is 0 Å². The molecule has 1 saturated carbocycles. The second-order valence-corrected chi connectivity index (χ2v) is 7.47. The minimum absolute atomic E-state index is 0.0762. The number of fused-ring (bicyclic) bond motifs is 1. The molecule has 2 aliphatic heterocycles. The van der Waals surface area contributed by atoms with Gasteiger partial charge in [0.25, 0.3) is 0 Å². The third kappa shape index (κ3) is 3.03. The van der Waals surface area contributed by atoms with E-state index in [0.29, 0.717) is 11.8 Å². The van der Waals surface area contributed by atoms with Gasteiger partial charge in [-0.25, -0.2) is 4.98 Å². The summed E-state index contributed by atoms with van der Waals surface area (Å²) in [6.45, 7) is 6.43. The van der Waals surface area contributed by atoms with Gasteiger partial charge in [0, 0.05) is 37.9 Å². The highest BCUT2D eigenvalue weighted by Gasteiger charge is 2.40. The summed E-state index contributed by atoms with van der Waals surface area (Å²) in [6.07, 6.45) is 6.64. The highest BCUT2D eigenvalue weighted by molar-refractivity contribution is 5.47. The lowest BCUT2D eigenvalue weighted by atomic mass is 10.0. The topological polar surface area (TPSA) is 52.5 Å². The average Bonchev–Trinajstić information content (AvgIpc) is 3.12. The Labute approximate surface area is 138 Å². The molecule has 0 spiro atoms. The van der Waals surface area contributed by atoms with Gasteiger partial charge in [0.2, 0.25) is 5.95 Å². The van der Waals surface area contributed by atoms with E-state index in [2.05, 4.69) is 22.8 Å². The molecule has 1 aromatic heterocycles. The number of hydrogen-bond donors (Lipinski definition) is 1. The molecular formula is C18H28N4O. The van der Waals surface area contributed by atoms with Crippen LogP contribution in [0.15, 0.2) is 6.07 Å². The molecule has 2 saturated heterocycles. The van der Waals surface area contributed by atoms with Crippen molar-refractivity contribution >= 4 is 11.8 Å². The van der Waals surface area contributed by atoms with Crippen LogP contribution in [0.4, 0.5) is 11.8 Å². The van der Waals surface area contributed by atoms with Crippen LogP contribution in [0.25, 0.3) is 0 Å². The SMILES string of the molecule is CCc1cc(N2C[C@H]3CC(O)C[C@H]3C2)nc(N2CCCCC2)n1. The van der Waals surface area contributed by atoms with Gasteiger partial charge in [-0.1, -0.05) is 6.92 Å². The Morgan fingerprint density at radius 1 is 1.04 bits per heavy atom. The van der Waals surface area contributed by atoms with Crippen molar-refractivity contribution in [2.75, 3.05) is 36.0 Å². The molecule has 5 heteroatoms. The van der Waals surface area contributed by atoms with E-state index in [1.54, 1.807) is 0 Å². The molecule has 1 aliphatic carbocycles. The minimum atomic E-state index is -0.0762. The standard InChI is InChI=1S/C18H28N4O/c1-2-15-10-17(20-18(19-15)21-6-4-3-5-7-21)22-11-13-8-16(23)9-14(13)12-22/h10,13-14,16,23H,2-9,11-12H2,1H3/t13-,14+,16?. The molecule has 1 N–H and O–H groups in total. The molecule has 3 fully saturated rings. The van der Waals surface area contributed by atoms with Crippen LogP contribution in [-0.4, -0.2) is 47.4 Å². The van der Waals surface area contributed by atoms with Crippen LogP contribution in [0.2, 0.25) is 0 Å². The zero-order valence-corrected chi connectivity index (χ0v) is 14.1. The number of piperidine rings is 1. The first kappa shape index (κ1) is 15.2. The van der Waals surface area contributed by atoms with Crippen LogP contribution in [0.3, 0.4) is 0 Å². The van der Waals surface area contributed by atoms with Gasteiger partial charge in [-0.05, 0) is 50.4 Å². The number of anilines is 2. The van der Waals surface area contributed by atoms with Crippen LogP contribution in [-0.2, 0) is 6.42 Å². The van der Waals surface area contributed by atoms with Gasteiger partial charge in [0.15, 0.2) is 0 Å². The molecule has 0 bridgehead atoms. The smallest absolute Gasteiger partial charge is 0.227 e. The molecule has 23 heavy (non-hydrogen) atoms. The zero-order chi connectivity index (χ0) is 15.8. The van der Waals surface area contributed by atoms with Crippen LogP contribution in [0.1, 0.15) is 44.7 Å². The van der Waals surface area contributed by atoms with Gasteiger partial charge in [0.1, 0.15) is 5.82 Å². The third-order valence-corrected chi connectivity index (χ3v) is 5.81. The van der Waals surface area contributed by atoms with E-state index < -0.39 is 0 Å². The molecule has 0 radical (unpaired) electrons. The van der Waals surface area contributed by atoms with Crippen LogP contribution in [0.5, 0.6) is 0 Å². The quantitative estimate of drug-likeness (QED) is 0.927. The number of hydrogen-bond acceptors (Lipinski definition) is 5. The molecule has 5 nitrogen and oxygen atoms in total. The molecule has 0 amide bonds. The van der Waals surface area contributed by atoms with Crippen LogP contribution >= 0.6 is 0 Å². The molecule has 1 unspecified atom stereocenters. The van der Waals surface area contributed by atoms with Crippen LogP contribution < -0.4 is 9.80 Å². The van der Waals surface area contributed by atoms with E-state index in [-0.39, 0.29) is 6.10 Å². The predicted molar refractivity (Wildman–Crippen MR) is 91.9 cm³/mol. The second kappa shape index (κ2) is 6.27. The Morgan fingerprint density at radius 3 is 2.39 bits per heavy atom. The van der Waals surface area contributed by atoms with Gasteiger partial charge < -0.3 is 14.9 Å². The van der Waals surface area contributed by atoms with Gasteiger partial charge in [-0.15, -0.1) is 0 Å². The minimum Gasteiger partial charge on any atom is -0.393 e. The summed E-state index contributed by atoms with van der Waals surface area (Å²) in [5.74, 6) is 3.31. The van der Waals surface area contributed by atoms with Crippen molar-refractivity contribution in [1.29, 1.82) is 0 Å². The average molecular weight is 316 g/mol. The highest BCUT2D eigenvalue weighted by Crippen LogP contribution is 2.39. The molecule has 3 atom stereocenters. The first-order valence-electron chi connectivity index (χ1n) is 9.29. The van der Waals surface area contributed by atoms with E-state index >= 15 is 0 Å². The molecule has 0 aromatic carbocycles. The molecular weight excluding hydrogens is 288 g/mol. The van der Waals surface area contributed by atoms with Crippen molar-refractivity contribution in [3.8, 4) is 0 Å². The Balaban J connectivity index is 1.56. The third-order valence-electron chi connectivity index (χ3n) is 5.81. The monoisotopic (exact) mass is 316 g/mol. The van der Waals surface area contributed by atoms with Crippen molar-refractivity contribution < 1.29 is 5.11 Å². The van der Waals surface area contributed by atoms with Crippen molar-refractivity contribution in [1.82, 2.24) is 9.97 Å². The van der Waals surface area contributed by atoms with Gasteiger partial charge in [-0.3, -0.25) is 0 Å². The number of rotatable bonds is 3. The maximum atomic E-state index is 9.84. The maximum absolute atomic E-state index is 9.84. The Bertz CT molecular complexity index is 544. The van der Waals surface area contributed by atoms with E-state index in [1.165, 1.54) is 19.3 Å². The number of nitrogens with zero attached hydrogens (tertiary/aromatic N) is 4. The first-order chi connectivity index (χ1) is 11.2. The number of aliphatic hydroxyl groups is 1. The van der Waals surface area contributed by atoms with E-state index in [1.807, 2.05) is 0 Å².